The molecule has 0 aromatic rings. The van der Waals surface area contributed by atoms with E-state index in [1.54, 1.807) is 0 Å². The summed E-state index contributed by atoms with van der Waals surface area (Å²) in [6.07, 6.45) is 6.97. The zero-order valence-corrected chi connectivity index (χ0v) is 8.05. The van der Waals surface area contributed by atoms with Gasteiger partial charge in [-0.25, -0.2) is 0 Å². The highest BCUT2D eigenvalue weighted by Crippen LogP contribution is 2.25. The molecule has 72 valence electrons. The van der Waals surface area contributed by atoms with Crippen molar-refractivity contribution in [3.05, 3.63) is 0 Å². The molecule has 2 N–H and O–H groups in total. The fraction of sp³-hybridized carbons (Fsp3) is 1.00. The molecule has 2 heteroatoms. The van der Waals surface area contributed by atoms with Gasteiger partial charge in [-0.05, 0) is 25.7 Å². The molecule has 0 aromatic carbocycles. The Morgan fingerprint density at radius 3 is 2.58 bits per heavy atom. The number of nitrogens with one attached hydrogen (secondary N) is 1. The molecule has 0 aromatic heterocycles. The number of hydrogen-bond acceptors (Lipinski definition) is 2. The Bertz CT molecular complexity index is 110. The van der Waals surface area contributed by atoms with E-state index in [1.165, 1.54) is 32.1 Å². The van der Waals surface area contributed by atoms with E-state index >= 15 is 0 Å². The molecule has 0 aliphatic heterocycles. The molecule has 0 bridgehead atoms. The molecular weight excluding hydrogens is 150 g/mol. The number of rotatable bonds is 4. The lowest BCUT2D eigenvalue weighted by Gasteiger charge is -2.28. The number of hydrogen-bond donors (Lipinski definition) is 2. The second kappa shape index (κ2) is 5.55. The largest absolute Gasteiger partial charge is 0.395 e. The molecule has 0 heterocycles. The summed E-state index contributed by atoms with van der Waals surface area (Å²) in [5.74, 6) is 0.852. The van der Waals surface area contributed by atoms with Gasteiger partial charge in [-0.1, -0.05) is 19.3 Å². The second-order valence-corrected chi connectivity index (χ2v) is 3.86. The Morgan fingerprint density at radius 1 is 1.33 bits per heavy atom. The third kappa shape index (κ3) is 3.11. The van der Waals surface area contributed by atoms with E-state index in [1.807, 2.05) is 0 Å². The average Bonchev–Trinajstić information content (AvgIpc) is 2.15. The molecule has 0 spiro atoms. The SMILES string of the molecule is CC(NCCO)C1CCCCC1. The standard InChI is InChI=1S/C10H21NO/c1-9(11-7-8-12)10-5-3-2-4-6-10/h9-12H,2-8H2,1H3. The van der Waals surface area contributed by atoms with Gasteiger partial charge in [-0.3, -0.25) is 0 Å². The maximum absolute atomic E-state index is 8.65. The first-order valence-corrected chi connectivity index (χ1v) is 5.19. The minimum Gasteiger partial charge on any atom is -0.395 e. The van der Waals surface area contributed by atoms with Crippen LogP contribution in [-0.4, -0.2) is 24.3 Å². The van der Waals surface area contributed by atoms with Crippen LogP contribution in [0.4, 0.5) is 0 Å². The predicted octanol–water partition coefficient (Wildman–Crippen LogP) is 1.54. The van der Waals surface area contributed by atoms with Crippen molar-refractivity contribution in [1.82, 2.24) is 5.32 Å². The van der Waals surface area contributed by atoms with Crippen LogP contribution in [0.15, 0.2) is 0 Å². The van der Waals surface area contributed by atoms with Crippen LogP contribution in [0.1, 0.15) is 39.0 Å². The average molecular weight is 171 g/mol. The molecule has 0 saturated heterocycles. The lowest BCUT2D eigenvalue weighted by atomic mass is 9.84. The summed E-state index contributed by atoms with van der Waals surface area (Å²) in [5.41, 5.74) is 0. The molecule has 1 rings (SSSR count). The fourth-order valence-electron chi connectivity index (χ4n) is 2.09. The maximum atomic E-state index is 8.65. The summed E-state index contributed by atoms with van der Waals surface area (Å²) in [6.45, 7) is 3.25. The Balaban J connectivity index is 2.15. The van der Waals surface area contributed by atoms with Gasteiger partial charge >= 0.3 is 0 Å². The van der Waals surface area contributed by atoms with Gasteiger partial charge in [0, 0.05) is 12.6 Å². The van der Waals surface area contributed by atoms with Crippen LogP contribution in [0.3, 0.4) is 0 Å². The van der Waals surface area contributed by atoms with Gasteiger partial charge in [0.1, 0.15) is 0 Å². The first-order chi connectivity index (χ1) is 5.84. The first-order valence-electron chi connectivity index (χ1n) is 5.19. The first kappa shape index (κ1) is 10.0. The lowest BCUT2D eigenvalue weighted by molar-refractivity contribution is 0.247. The van der Waals surface area contributed by atoms with Gasteiger partial charge in [0.05, 0.1) is 6.61 Å². The van der Waals surface area contributed by atoms with Gasteiger partial charge < -0.3 is 10.4 Å². The monoisotopic (exact) mass is 171 g/mol. The van der Waals surface area contributed by atoms with Crippen molar-refractivity contribution in [2.24, 2.45) is 5.92 Å². The number of aliphatic hydroxyl groups is 1. The van der Waals surface area contributed by atoms with Crippen molar-refractivity contribution < 1.29 is 5.11 Å². The summed E-state index contributed by atoms with van der Waals surface area (Å²) >= 11 is 0. The molecule has 1 fully saturated rings. The summed E-state index contributed by atoms with van der Waals surface area (Å²) in [5, 5.41) is 12.0. The summed E-state index contributed by atoms with van der Waals surface area (Å²) in [6, 6.07) is 0.595. The highest BCUT2D eigenvalue weighted by Gasteiger charge is 2.18. The summed E-state index contributed by atoms with van der Waals surface area (Å²) < 4.78 is 0. The lowest BCUT2D eigenvalue weighted by Crippen LogP contribution is -2.36. The molecular formula is C10H21NO. The topological polar surface area (TPSA) is 32.3 Å². The number of aliphatic hydroxyl groups excluding tert-OH is 1. The van der Waals surface area contributed by atoms with Crippen LogP contribution in [0.25, 0.3) is 0 Å². The van der Waals surface area contributed by atoms with Crippen LogP contribution >= 0.6 is 0 Å². The van der Waals surface area contributed by atoms with Gasteiger partial charge in [-0.2, -0.15) is 0 Å². The Kier molecular flexibility index (Phi) is 4.62. The van der Waals surface area contributed by atoms with E-state index in [0.29, 0.717) is 6.04 Å². The quantitative estimate of drug-likeness (QED) is 0.672. The predicted molar refractivity (Wildman–Crippen MR) is 51.1 cm³/mol. The Labute approximate surface area is 75.4 Å². The molecule has 1 unspecified atom stereocenters. The van der Waals surface area contributed by atoms with Crippen LogP contribution in [-0.2, 0) is 0 Å². The van der Waals surface area contributed by atoms with Crippen LogP contribution < -0.4 is 5.32 Å². The van der Waals surface area contributed by atoms with Gasteiger partial charge in [-0.15, -0.1) is 0 Å². The van der Waals surface area contributed by atoms with E-state index in [-0.39, 0.29) is 6.61 Å². The minimum atomic E-state index is 0.261. The van der Waals surface area contributed by atoms with Crippen molar-refractivity contribution in [3.8, 4) is 0 Å². The van der Waals surface area contributed by atoms with E-state index in [0.717, 1.165) is 12.5 Å². The third-order valence-electron chi connectivity index (χ3n) is 2.94. The van der Waals surface area contributed by atoms with E-state index in [2.05, 4.69) is 12.2 Å². The van der Waals surface area contributed by atoms with E-state index < -0.39 is 0 Å². The molecule has 1 aliphatic rings. The van der Waals surface area contributed by atoms with Gasteiger partial charge in [0.25, 0.3) is 0 Å². The molecule has 1 aliphatic carbocycles. The normalized spacial score (nSPS) is 22.5. The highest BCUT2D eigenvalue weighted by atomic mass is 16.3. The van der Waals surface area contributed by atoms with Crippen molar-refractivity contribution >= 4 is 0 Å². The highest BCUT2D eigenvalue weighted by molar-refractivity contribution is 4.75. The molecule has 0 radical (unpaired) electrons. The molecule has 12 heavy (non-hydrogen) atoms. The van der Waals surface area contributed by atoms with Crippen molar-refractivity contribution in [3.63, 3.8) is 0 Å². The Hall–Kier alpha value is -0.0800. The zero-order chi connectivity index (χ0) is 8.81. The molecule has 2 nitrogen and oxygen atoms in total. The fourth-order valence-corrected chi connectivity index (χ4v) is 2.09. The van der Waals surface area contributed by atoms with Crippen molar-refractivity contribution in [1.29, 1.82) is 0 Å². The summed E-state index contributed by atoms with van der Waals surface area (Å²) in [7, 11) is 0. The third-order valence-corrected chi connectivity index (χ3v) is 2.94. The van der Waals surface area contributed by atoms with Crippen LogP contribution in [0.2, 0.25) is 0 Å². The Morgan fingerprint density at radius 2 is 2.00 bits per heavy atom. The van der Waals surface area contributed by atoms with E-state index in [4.69, 9.17) is 5.11 Å². The van der Waals surface area contributed by atoms with Crippen molar-refractivity contribution in [2.45, 2.75) is 45.1 Å². The van der Waals surface area contributed by atoms with Crippen LogP contribution in [0.5, 0.6) is 0 Å². The van der Waals surface area contributed by atoms with Crippen molar-refractivity contribution in [2.75, 3.05) is 13.2 Å². The van der Waals surface area contributed by atoms with E-state index in [9.17, 15) is 0 Å². The summed E-state index contributed by atoms with van der Waals surface area (Å²) in [4.78, 5) is 0. The second-order valence-electron chi connectivity index (χ2n) is 3.86. The van der Waals surface area contributed by atoms with Gasteiger partial charge in [0.15, 0.2) is 0 Å². The molecule has 0 amide bonds. The van der Waals surface area contributed by atoms with Gasteiger partial charge in [0.2, 0.25) is 0 Å². The zero-order valence-electron chi connectivity index (χ0n) is 8.05. The molecule has 1 saturated carbocycles. The smallest absolute Gasteiger partial charge is 0.0556 e. The minimum absolute atomic E-state index is 0.261. The molecule has 1 atom stereocenters. The maximum Gasteiger partial charge on any atom is 0.0556 e. The van der Waals surface area contributed by atoms with Crippen LogP contribution in [0, 0.1) is 5.92 Å².